The van der Waals surface area contributed by atoms with Gasteiger partial charge in [-0.1, -0.05) is 60.7 Å². The fourth-order valence-electron chi connectivity index (χ4n) is 4.83. The summed E-state index contributed by atoms with van der Waals surface area (Å²) in [5.74, 6) is 0.902. The van der Waals surface area contributed by atoms with E-state index in [1.54, 1.807) is 6.34 Å². The zero-order valence-electron chi connectivity index (χ0n) is 21.0. The van der Waals surface area contributed by atoms with Gasteiger partial charge < -0.3 is 9.79 Å². The van der Waals surface area contributed by atoms with Gasteiger partial charge in [-0.2, -0.15) is 0 Å². The number of H-pyrrole nitrogens is 1. The Balaban J connectivity index is 1.27. The van der Waals surface area contributed by atoms with Gasteiger partial charge in [0.2, 0.25) is 0 Å². The van der Waals surface area contributed by atoms with Gasteiger partial charge in [0.15, 0.2) is 7.98 Å². The normalized spacial score (nSPS) is 16.1. The molecule has 1 N–H and O–H groups in total. The van der Waals surface area contributed by atoms with E-state index >= 15 is 0 Å². The minimum absolute atomic E-state index is 0.0374. The number of imidazole rings is 1. The van der Waals surface area contributed by atoms with Gasteiger partial charge in [-0.25, -0.2) is 9.98 Å². The lowest BCUT2D eigenvalue weighted by atomic mass is 9.98. The predicted octanol–water partition coefficient (Wildman–Crippen LogP) is 4.80. The molecule has 3 heterocycles. The highest BCUT2D eigenvalue weighted by atomic mass is 15.1. The Hall–Kier alpha value is -4.36. The number of aliphatic imine (C=N–C) groups is 2. The highest BCUT2D eigenvalue weighted by Gasteiger charge is 2.23. The molecule has 2 aliphatic rings. The number of benzene rings is 2. The van der Waals surface area contributed by atoms with Crippen molar-refractivity contribution in [1.82, 2.24) is 19.8 Å². The number of allylic oxidation sites excluding steroid dienone is 2. The number of hydrogen-bond acceptors (Lipinski definition) is 5. The van der Waals surface area contributed by atoms with Crippen LogP contribution in [-0.2, 0) is 13.1 Å². The Morgan fingerprint density at radius 3 is 2.59 bits per heavy atom. The van der Waals surface area contributed by atoms with E-state index < -0.39 is 0 Å². The molecule has 1 unspecified atom stereocenters. The Kier molecular flexibility index (Phi) is 6.20. The SMILES string of the molecule is BN(Cc1cccc(-c2ccccc2)c1)Cc1nc(-c2cccc(C)n2)c(C2=CC3N=CN=C3C=C2)[nH]1. The molecule has 2 aromatic carbocycles. The smallest absolute Gasteiger partial charge is 0.186 e. The summed E-state index contributed by atoms with van der Waals surface area (Å²) in [5, 5.41) is 0. The van der Waals surface area contributed by atoms with Crippen molar-refractivity contribution in [2.45, 2.75) is 26.1 Å². The molecule has 0 saturated carbocycles. The van der Waals surface area contributed by atoms with Gasteiger partial charge in [0.05, 0.1) is 17.1 Å². The Morgan fingerprint density at radius 2 is 1.73 bits per heavy atom. The molecule has 2 aromatic heterocycles. The summed E-state index contributed by atoms with van der Waals surface area (Å²) in [6.45, 7) is 3.50. The zero-order chi connectivity index (χ0) is 25.2. The van der Waals surface area contributed by atoms with E-state index in [9.17, 15) is 0 Å². The van der Waals surface area contributed by atoms with Gasteiger partial charge in [0.1, 0.15) is 23.9 Å². The van der Waals surface area contributed by atoms with Crippen molar-refractivity contribution >= 4 is 25.6 Å². The number of nitrogens with zero attached hydrogens (tertiary/aromatic N) is 5. The van der Waals surface area contributed by atoms with Gasteiger partial charge in [0, 0.05) is 18.8 Å². The van der Waals surface area contributed by atoms with E-state index in [-0.39, 0.29) is 6.04 Å². The second-order valence-corrected chi connectivity index (χ2v) is 9.53. The Bertz CT molecular complexity index is 1560. The molecular weight excluding hydrogens is 455 g/mol. The van der Waals surface area contributed by atoms with Crippen molar-refractivity contribution in [2.24, 2.45) is 9.98 Å². The highest BCUT2D eigenvalue weighted by Crippen LogP contribution is 2.30. The molecule has 0 radical (unpaired) electrons. The lowest BCUT2D eigenvalue weighted by molar-refractivity contribution is 0.432. The minimum Gasteiger partial charge on any atom is -0.340 e. The molecule has 1 aliphatic carbocycles. The van der Waals surface area contributed by atoms with E-state index in [2.05, 4.69) is 88.4 Å². The molecule has 1 atom stereocenters. The molecule has 0 spiro atoms. The first kappa shape index (κ1) is 23.1. The highest BCUT2D eigenvalue weighted by molar-refractivity contribution is 6.11. The third-order valence-electron chi connectivity index (χ3n) is 6.59. The van der Waals surface area contributed by atoms with Crippen LogP contribution in [0.4, 0.5) is 0 Å². The van der Waals surface area contributed by atoms with E-state index in [1.807, 2.05) is 37.3 Å². The Labute approximate surface area is 217 Å². The molecule has 0 bridgehead atoms. The summed E-state index contributed by atoms with van der Waals surface area (Å²) >= 11 is 0. The average molecular weight is 482 g/mol. The van der Waals surface area contributed by atoms with Crippen LogP contribution < -0.4 is 0 Å². The third-order valence-corrected chi connectivity index (χ3v) is 6.59. The topological polar surface area (TPSA) is 69.5 Å². The second kappa shape index (κ2) is 9.95. The van der Waals surface area contributed by atoms with Crippen LogP contribution in [0.1, 0.15) is 22.8 Å². The summed E-state index contributed by atoms with van der Waals surface area (Å²) in [6, 6.07) is 25.2. The molecule has 4 aromatic rings. The lowest BCUT2D eigenvalue weighted by Gasteiger charge is -2.16. The average Bonchev–Trinajstić information content (AvgIpc) is 3.56. The zero-order valence-corrected chi connectivity index (χ0v) is 21.0. The molecule has 180 valence electrons. The summed E-state index contributed by atoms with van der Waals surface area (Å²) < 4.78 is 0. The first-order valence-electron chi connectivity index (χ1n) is 12.5. The number of aryl methyl sites for hydroxylation is 1. The maximum absolute atomic E-state index is 5.03. The molecule has 37 heavy (non-hydrogen) atoms. The summed E-state index contributed by atoms with van der Waals surface area (Å²) in [7, 11) is 2.12. The van der Waals surface area contributed by atoms with Gasteiger partial charge in [0.25, 0.3) is 0 Å². The molecular formula is C30H27BN6. The number of fused-ring (bicyclic) bond motifs is 1. The van der Waals surface area contributed by atoms with Crippen molar-refractivity contribution in [3.05, 3.63) is 114 Å². The number of aromatic amines is 1. The van der Waals surface area contributed by atoms with Crippen molar-refractivity contribution in [3.63, 3.8) is 0 Å². The molecule has 6 nitrogen and oxygen atoms in total. The Morgan fingerprint density at radius 1 is 0.892 bits per heavy atom. The van der Waals surface area contributed by atoms with E-state index in [0.29, 0.717) is 6.54 Å². The van der Waals surface area contributed by atoms with E-state index in [1.165, 1.54) is 16.7 Å². The monoisotopic (exact) mass is 482 g/mol. The summed E-state index contributed by atoms with van der Waals surface area (Å²) in [5.41, 5.74) is 9.39. The van der Waals surface area contributed by atoms with Crippen LogP contribution in [0.15, 0.2) is 101 Å². The van der Waals surface area contributed by atoms with Crippen molar-refractivity contribution in [3.8, 4) is 22.5 Å². The van der Waals surface area contributed by atoms with E-state index in [0.717, 1.165) is 46.4 Å². The quantitative estimate of drug-likeness (QED) is 0.385. The minimum atomic E-state index is -0.0374. The maximum Gasteiger partial charge on any atom is 0.186 e. The molecule has 6 rings (SSSR count). The molecule has 1 aliphatic heterocycles. The first-order chi connectivity index (χ1) is 18.1. The fourth-order valence-corrected chi connectivity index (χ4v) is 4.83. The molecule has 0 saturated heterocycles. The number of hydrogen-bond donors (Lipinski definition) is 1. The second-order valence-electron chi connectivity index (χ2n) is 9.53. The standard InChI is InChI=1S/C30H27BN6/c1-20-7-5-12-26(34-20)30-29(24-13-14-25-27(16-24)33-19-32-25)35-28(36-30)18-37(31)17-21-8-6-11-23(15-21)22-9-3-2-4-10-22/h2-16,19,27H,17-18,31H2,1H3,(H,35,36). The summed E-state index contributed by atoms with van der Waals surface area (Å²) in [4.78, 5) is 24.5. The van der Waals surface area contributed by atoms with Crippen molar-refractivity contribution in [1.29, 1.82) is 0 Å². The molecule has 7 heteroatoms. The largest absolute Gasteiger partial charge is 0.340 e. The molecule has 0 fully saturated rings. The van der Waals surface area contributed by atoms with Crippen molar-refractivity contribution < 1.29 is 0 Å². The number of aromatic nitrogens is 3. The predicted molar refractivity (Wildman–Crippen MR) is 153 cm³/mol. The van der Waals surface area contributed by atoms with Gasteiger partial charge >= 0.3 is 0 Å². The first-order valence-corrected chi connectivity index (χ1v) is 12.5. The number of nitrogens with one attached hydrogen (secondary N) is 1. The van der Waals surface area contributed by atoms with Gasteiger partial charge in [-0.05, 0) is 59.5 Å². The lowest BCUT2D eigenvalue weighted by Crippen LogP contribution is -2.20. The van der Waals surface area contributed by atoms with Crippen LogP contribution in [0.2, 0.25) is 0 Å². The van der Waals surface area contributed by atoms with Crippen LogP contribution in [0.25, 0.3) is 28.1 Å². The van der Waals surface area contributed by atoms with Crippen LogP contribution in [0.5, 0.6) is 0 Å². The van der Waals surface area contributed by atoms with Crippen LogP contribution in [0.3, 0.4) is 0 Å². The fraction of sp³-hybridized carbons (Fsp3) is 0.133. The molecule has 0 amide bonds. The van der Waals surface area contributed by atoms with E-state index in [4.69, 9.17) is 9.97 Å². The third kappa shape index (κ3) is 4.99. The van der Waals surface area contributed by atoms with Crippen molar-refractivity contribution in [2.75, 3.05) is 0 Å². The summed E-state index contributed by atoms with van der Waals surface area (Å²) in [6.07, 6.45) is 7.89. The van der Waals surface area contributed by atoms with Crippen LogP contribution >= 0.6 is 0 Å². The van der Waals surface area contributed by atoms with Crippen LogP contribution in [-0.4, -0.2) is 45.8 Å². The van der Waals surface area contributed by atoms with Gasteiger partial charge in [-0.3, -0.25) is 9.98 Å². The van der Waals surface area contributed by atoms with Crippen LogP contribution in [0, 0.1) is 6.92 Å². The van der Waals surface area contributed by atoms with Gasteiger partial charge in [-0.15, -0.1) is 0 Å². The number of rotatable bonds is 7. The maximum atomic E-state index is 5.03. The number of pyridine rings is 1.